The third-order valence-electron chi connectivity index (χ3n) is 5.43. The number of morpholine rings is 1. The summed E-state index contributed by atoms with van der Waals surface area (Å²) >= 11 is 0. The molecule has 154 valence electrons. The van der Waals surface area contributed by atoms with Crippen molar-refractivity contribution < 1.29 is 14.3 Å². The van der Waals surface area contributed by atoms with Gasteiger partial charge >= 0.3 is 0 Å². The molecule has 0 bridgehead atoms. The molecule has 0 aliphatic carbocycles. The molecule has 2 aliphatic heterocycles. The first-order valence-corrected chi connectivity index (χ1v) is 10.3. The minimum Gasteiger partial charge on any atom is -0.379 e. The van der Waals surface area contributed by atoms with Crippen molar-refractivity contribution >= 4 is 23.2 Å². The van der Waals surface area contributed by atoms with E-state index < -0.39 is 0 Å². The van der Waals surface area contributed by atoms with Crippen LogP contribution in [0.4, 0.5) is 11.4 Å². The smallest absolute Gasteiger partial charge is 0.223 e. The standard InChI is InChI=1S/C21H32N4O3/c1-18(26)25(20-6-4-19(5-7-20)24-10-2-3-11-24)12-8-21(27)22-9-13-23-14-16-28-17-15-23/h4-7H,2-3,8-17H2,1H3,(H,22,27). The highest BCUT2D eigenvalue weighted by Gasteiger charge is 2.16. The highest BCUT2D eigenvalue weighted by molar-refractivity contribution is 5.92. The quantitative estimate of drug-likeness (QED) is 0.731. The summed E-state index contributed by atoms with van der Waals surface area (Å²) in [6.07, 6.45) is 2.78. The van der Waals surface area contributed by atoms with Crippen LogP contribution in [0.5, 0.6) is 0 Å². The van der Waals surface area contributed by atoms with E-state index in [0.29, 0.717) is 19.5 Å². The lowest BCUT2D eigenvalue weighted by molar-refractivity contribution is -0.121. The Labute approximate surface area is 167 Å². The molecule has 2 saturated heterocycles. The van der Waals surface area contributed by atoms with Crippen molar-refractivity contribution in [2.75, 3.05) is 68.8 Å². The fourth-order valence-electron chi connectivity index (χ4n) is 3.77. The van der Waals surface area contributed by atoms with Gasteiger partial charge in [-0.05, 0) is 37.1 Å². The van der Waals surface area contributed by atoms with Gasteiger partial charge in [-0.1, -0.05) is 0 Å². The van der Waals surface area contributed by atoms with Crippen LogP contribution in [-0.4, -0.2) is 75.7 Å². The molecular formula is C21H32N4O3. The number of hydrogen-bond donors (Lipinski definition) is 1. The number of benzene rings is 1. The lowest BCUT2D eigenvalue weighted by Crippen LogP contribution is -2.42. The zero-order valence-electron chi connectivity index (χ0n) is 16.9. The Kier molecular flexibility index (Phi) is 7.68. The molecule has 0 aromatic heterocycles. The van der Waals surface area contributed by atoms with E-state index in [1.807, 2.05) is 12.1 Å². The van der Waals surface area contributed by atoms with Crippen LogP contribution in [0.25, 0.3) is 0 Å². The maximum Gasteiger partial charge on any atom is 0.223 e. The lowest BCUT2D eigenvalue weighted by Gasteiger charge is -2.26. The second-order valence-electron chi connectivity index (χ2n) is 7.44. The van der Waals surface area contributed by atoms with Crippen LogP contribution in [0, 0.1) is 0 Å². The molecule has 2 aliphatic rings. The summed E-state index contributed by atoms with van der Waals surface area (Å²) in [4.78, 5) is 30.6. The van der Waals surface area contributed by atoms with E-state index in [9.17, 15) is 9.59 Å². The van der Waals surface area contributed by atoms with Gasteiger partial charge in [0.05, 0.1) is 13.2 Å². The monoisotopic (exact) mass is 388 g/mol. The topological polar surface area (TPSA) is 65.1 Å². The molecule has 2 fully saturated rings. The van der Waals surface area contributed by atoms with Gasteiger partial charge in [-0.3, -0.25) is 14.5 Å². The molecule has 7 nitrogen and oxygen atoms in total. The molecule has 0 atom stereocenters. The fraction of sp³-hybridized carbons (Fsp3) is 0.619. The van der Waals surface area contributed by atoms with Gasteiger partial charge in [0, 0.05) is 70.5 Å². The van der Waals surface area contributed by atoms with Gasteiger partial charge in [-0.15, -0.1) is 0 Å². The number of nitrogens with zero attached hydrogens (tertiary/aromatic N) is 3. The number of rotatable bonds is 8. The van der Waals surface area contributed by atoms with E-state index in [0.717, 1.165) is 51.6 Å². The van der Waals surface area contributed by atoms with E-state index in [-0.39, 0.29) is 11.8 Å². The van der Waals surface area contributed by atoms with Crippen molar-refractivity contribution in [3.05, 3.63) is 24.3 Å². The summed E-state index contributed by atoms with van der Waals surface area (Å²) in [5.41, 5.74) is 2.04. The highest BCUT2D eigenvalue weighted by atomic mass is 16.5. The molecule has 7 heteroatoms. The number of amides is 2. The molecule has 28 heavy (non-hydrogen) atoms. The van der Waals surface area contributed by atoms with Crippen molar-refractivity contribution in [1.29, 1.82) is 0 Å². The average molecular weight is 389 g/mol. The zero-order valence-corrected chi connectivity index (χ0v) is 16.9. The molecule has 3 rings (SSSR count). The Hall–Kier alpha value is -2.12. The van der Waals surface area contributed by atoms with E-state index >= 15 is 0 Å². The van der Waals surface area contributed by atoms with E-state index in [1.54, 1.807) is 11.8 Å². The molecule has 0 spiro atoms. The molecule has 0 radical (unpaired) electrons. The Morgan fingerprint density at radius 2 is 1.75 bits per heavy atom. The summed E-state index contributed by atoms with van der Waals surface area (Å²) in [5, 5.41) is 2.96. The van der Waals surface area contributed by atoms with Crippen LogP contribution in [-0.2, 0) is 14.3 Å². The predicted octanol–water partition coefficient (Wildman–Crippen LogP) is 1.48. The minimum atomic E-state index is -0.0463. The Morgan fingerprint density at radius 1 is 1.07 bits per heavy atom. The first kappa shape index (κ1) is 20.6. The molecule has 1 N–H and O–H groups in total. The lowest BCUT2D eigenvalue weighted by atomic mass is 10.2. The van der Waals surface area contributed by atoms with Gasteiger partial charge in [0.25, 0.3) is 0 Å². The van der Waals surface area contributed by atoms with Gasteiger partial charge in [0.2, 0.25) is 11.8 Å². The van der Waals surface area contributed by atoms with E-state index in [4.69, 9.17) is 4.74 Å². The van der Waals surface area contributed by atoms with Crippen molar-refractivity contribution in [2.45, 2.75) is 26.2 Å². The van der Waals surface area contributed by atoms with Crippen LogP contribution in [0.15, 0.2) is 24.3 Å². The predicted molar refractivity (Wildman–Crippen MR) is 111 cm³/mol. The first-order chi connectivity index (χ1) is 13.6. The van der Waals surface area contributed by atoms with Gasteiger partial charge in [-0.25, -0.2) is 0 Å². The molecule has 1 aromatic carbocycles. The average Bonchev–Trinajstić information content (AvgIpc) is 3.24. The highest BCUT2D eigenvalue weighted by Crippen LogP contribution is 2.24. The molecule has 2 amide bonds. The normalized spacial score (nSPS) is 17.5. The Bertz CT molecular complexity index is 638. The van der Waals surface area contributed by atoms with Crippen molar-refractivity contribution in [3.8, 4) is 0 Å². The third-order valence-corrected chi connectivity index (χ3v) is 5.43. The van der Waals surface area contributed by atoms with Crippen LogP contribution in [0.3, 0.4) is 0 Å². The molecule has 2 heterocycles. The summed E-state index contributed by atoms with van der Waals surface area (Å²) in [7, 11) is 0. The summed E-state index contributed by atoms with van der Waals surface area (Å²) < 4.78 is 5.32. The number of anilines is 2. The second kappa shape index (κ2) is 10.4. The van der Waals surface area contributed by atoms with Gasteiger partial charge < -0.3 is 19.9 Å². The van der Waals surface area contributed by atoms with E-state index in [2.05, 4.69) is 27.2 Å². The number of carbonyl (C=O) groups is 2. The molecule has 1 aromatic rings. The van der Waals surface area contributed by atoms with Crippen LogP contribution in [0.1, 0.15) is 26.2 Å². The van der Waals surface area contributed by atoms with Crippen LogP contribution in [0.2, 0.25) is 0 Å². The Morgan fingerprint density at radius 3 is 2.39 bits per heavy atom. The van der Waals surface area contributed by atoms with Gasteiger partial charge in [0.15, 0.2) is 0 Å². The van der Waals surface area contributed by atoms with Gasteiger partial charge in [-0.2, -0.15) is 0 Å². The third kappa shape index (κ3) is 5.94. The summed E-state index contributed by atoms with van der Waals surface area (Å²) in [5.74, 6) is -0.0664. The maximum atomic E-state index is 12.2. The number of hydrogen-bond acceptors (Lipinski definition) is 5. The van der Waals surface area contributed by atoms with Crippen molar-refractivity contribution in [2.24, 2.45) is 0 Å². The molecule has 0 saturated carbocycles. The maximum absolute atomic E-state index is 12.2. The minimum absolute atomic E-state index is 0.0202. The largest absolute Gasteiger partial charge is 0.379 e. The van der Waals surface area contributed by atoms with Crippen molar-refractivity contribution in [3.63, 3.8) is 0 Å². The number of carbonyl (C=O) groups excluding carboxylic acids is 2. The van der Waals surface area contributed by atoms with Crippen LogP contribution >= 0.6 is 0 Å². The second-order valence-corrected chi connectivity index (χ2v) is 7.44. The SMILES string of the molecule is CC(=O)N(CCC(=O)NCCN1CCOCC1)c1ccc(N2CCCC2)cc1. The fourth-order valence-corrected chi connectivity index (χ4v) is 3.77. The number of nitrogens with one attached hydrogen (secondary N) is 1. The first-order valence-electron chi connectivity index (χ1n) is 10.3. The number of ether oxygens (including phenoxy) is 1. The Balaban J connectivity index is 1.44. The van der Waals surface area contributed by atoms with E-state index in [1.165, 1.54) is 18.5 Å². The summed E-state index contributed by atoms with van der Waals surface area (Å²) in [6, 6.07) is 8.09. The van der Waals surface area contributed by atoms with Crippen LogP contribution < -0.4 is 15.1 Å². The molecule has 0 unspecified atom stereocenters. The van der Waals surface area contributed by atoms with Gasteiger partial charge in [0.1, 0.15) is 0 Å². The zero-order chi connectivity index (χ0) is 19.8. The summed E-state index contributed by atoms with van der Waals surface area (Å²) in [6.45, 7) is 8.96. The molecular weight excluding hydrogens is 356 g/mol. The van der Waals surface area contributed by atoms with Crippen molar-refractivity contribution in [1.82, 2.24) is 10.2 Å².